The summed E-state index contributed by atoms with van der Waals surface area (Å²) >= 11 is 3.10. The summed E-state index contributed by atoms with van der Waals surface area (Å²) in [6.45, 7) is -0.196. The Morgan fingerprint density at radius 1 is 1.22 bits per heavy atom. The lowest BCUT2D eigenvalue weighted by Crippen LogP contribution is -2.14. The summed E-state index contributed by atoms with van der Waals surface area (Å²) < 4.78 is 0. The van der Waals surface area contributed by atoms with Gasteiger partial charge in [-0.1, -0.05) is 41.7 Å². The van der Waals surface area contributed by atoms with Gasteiger partial charge in [-0.15, -0.1) is 10.2 Å². The molecule has 0 saturated carbocycles. The van der Waals surface area contributed by atoms with Crippen LogP contribution < -0.4 is 0 Å². The van der Waals surface area contributed by atoms with Crippen molar-refractivity contribution in [2.24, 2.45) is 0 Å². The van der Waals surface area contributed by atoms with Crippen LogP contribution in [0.3, 0.4) is 0 Å². The Kier molecular flexibility index (Phi) is 5.12. The van der Waals surface area contributed by atoms with Crippen LogP contribution in [0.1, 0.15) is 5.01 Å². The van der Waals surface area contributed by atoms with E-state index < -0.39 is 6.10 Å². The molecule has 18 heavy (non-hydrogen) atoms. The van der Waals surface area contributed by atoms with Crippen LogP contribution in [0.2, 0.25) is 0 Å². The van der Waals surface area contributed by atoms with Gasteiger partial charge in [0.15, 0.2) is 0 Å². The van der Waals surface area contributed by atoms with E-state index in [-0.39, 0.29) is 6.61 Å². The standard InChI is InChI=1S/C12H14N2O2S2/c15-6-10(16)7-17-8-11-13-14-12(18-11)9-4-2-1-3-5-9/h1-5,10,15-16H,6-8H2/t10-/m0/s1. The second kappa shape index (κ2) is 6.84. The van der Waals surface area contributed by atoms with Crippen LogP contribution in [0.4, 0.5) is 0 Å². The molecule has 6 heteroatoms. The van der Waals surface area contributed by atoms with Crippen LogP contribution in [-0.4, -0.2) is 38.9 Å². The molecule has 0 unspecified atom stereocenters. The Morgan fingerprint density at radius 2 is 2.00 bits per heavy atom. The molecule has 0 radical (unpaired) electrons. The van der Waals surface area contributed by atoms with Crippen molar-refractivity contribution in [1.82, 2.24) is 10.2 Å². The quantitative estimate of drug-likeness (QED) is 0.845. The number of aliphatic hydroxyl groups excluding tert-OH is 2. The number of benzene rings is 1. The summed E-state index contributed by atoms with van der Waals surface area (Å²) in [6.07, 6.45) is -0.656. The highest BCUT2D eigenvalue weighted by Crippen LogP contribution is 2.25. The minimum absolute atomic E-state index is 0.196. The van der Waals surface area contributed by atoms with E-state index in [0.717, 1.165) is 15.6 Å². The lowest BCUT2D eigenvalue weighted by molar-refractivity contribution is 0.113. The molecule has 1 aromatic carbocycles. The predicted octanol–water partition coefficient (Wildman–Crippen LogP) is 1.79. The van der Waals surface area contributed by atoms with Crippen LogP contribution in [-0.2, 0) is 5.75 Å². The highest BCUT2D eigenvalue weighted by Gasteiger charge is 2.07. The summed E-state index contributed by atoms with van der Waals surface area (Å²) in [6, 6.07) is 9.93. The lowest BCUT2D eigenvalue weighted by atomic mass is 10.2. The van der Waals surface area contributed by atoms with Gasteiger partial charge in [-0.3, -0.25) is 0 Å². The molecule has 0 spiro atoms. The molecule has 4 nitrogen and oxygen atoms in total. The van der Waals surface area contributed by atoms with Crippen molar-refractivity contribution >= 4 is 23.1 Å². The topological polar surface area (TPSA) is 66.2 Å². The summed E-state index contributed by atoms with van der Waals surface area (Å²) in [5, 5.41) is 28.0. The fourth-order valence-corrected chi connectivity index (χ4v) is 3.20. The molecule has 0 bridgehead atoms. The number of nitrogens with zero attached hydrogens (tertiary/aromatic N) is 2. The summed E-state index contributed by atoms with van der Waals surface area (Å²) in [5.41, 5.74) is 1.07. The first-order valence-corrected chi connectivity index (χ1v) is 7.51. The van der Waals surface area contributed by atoms with E-state index in [4.69, 9.17) is 5.11 Å². The van der Waals surface area contributed by atoms with Crippen LogP contribution in [0.25, 0.3) is 10.6 Å². The summed E-state index contributed by atoms with van der Waals surface area (Å²) in [7, 11) is 0. The van der Waals surface area contributed by atoms with E-state index in [0.29, 0.717) is 11.5 Å². The summed E-state index contributed by atoms with van der Waals surface area (Å²) in [4.78, 5) is 0. The largest absolute Gasteiger partial charge is 0.394 e. The fourth-order valence-electron chi connectivity index (χ4n) is 1.34. The third-order valence-electron chi connectivity index (χ3n) is 2.23. The molecule has 0 aliphatic carbocycles. The molecule has 0 aliphatic heterocycles. The van der Waals surface area contributed by atoms with Gasteiger partial charge in [-0.05, 0) is 0 Å². The zero-order chi connectivity index (χ0) is 12.8. The average Bonchev–Trinajstić information content (AvgIpc) is 2.88. The molecular weight excluding hydrogens is 268 g/mol. The van der Waals surface area contributed by atoms with E-state index in [1.165, 1.54) is 0 Å². The zero-order valence-electron chi connectivity index (χ0n) is 9.69. The maximum absolute atomic E-state index is 9.22. The van der Waals surface area contributed by atoms with Crippen LogP contribution in [0.5, 0.6) is 0 Å². The maximum atomic E-state index is 9.22. The monoisotopic (exact) mass is 282 g/mol. The third-order valence-corrected chi connectivity index (χ3v) is 4.49. The summed E-state index contributed by atoms with van der Waals surface area (Å²) in [5.74, 6) is 1.22. The van der Waals surface area contributed by atoms with Gasteiger partial charge in [-0.2, -0.15) is 11.8 Å². The van der Waals surface area contributed by atoms with Gasteiger partial charge in [0.1, 0.15) is 10.0 Å². The smallest absolute Gasteiger partial charge is 0.147 e. The van der Waals surface area contributed by atoms with E-state index >= 15 is 0 Å². The Labute approximate surface area is 114 Å². The first-order valence-electron chi connectivity index (χ1n) is 5.54. The van der Waals surface area contributed by atoms with Crippen molar-refractivity contribution < 1.29 is 10.2 Å². The second-order valence-corrected chi connectivity index (χ2v) is 5.81. The van der Waals surface area contributed by atoms with Gasteiger partial charge in [0.25, 0.3) is 0 Å². The molecule has 2 aromatic rings. The lowest BCUT2D eigenvalue weighted by Gasteiger charge is -2.04. The molecule has 2 N–H and O–H groups in total. The number of hydrogen-bond acceptors (Lipinski definition) is 6. The Hall–Kier alpha value is -0.950. The van der Waals surface area contributed by atoms with Crippen molar-refractivity contribution in [3.8, 4) is 10.6 Å². The molecule has 1 atom stereocenters. The van der Waals surface area contributed by atoms with Gasteiger partial charge in [0, 0.05) is 17.1 Å². The SMILES string of the molecule is OC[C@H](O)CSCc1nnc(-c2ccccc2)s1. The minimum atomic E-state index is -0.656. The Morgan fingerprint density at radius 3 is 2.72 bits per heavy atom. The van der Waals surface area contributed by atoms with Crippen LogP contribution in [0.15, 0.2) is 30.3 Å². The number of hydrogen-bond donors (Lipinski definition) is 2. The number of aromatic nitrogens is 2. The van der Waals surface area contributed by atoms with Crippen LogP contribution >= 0.6 is 23.1 Å². The molecule has 96 valence electrons. The van der Waals surface area contributed by atoms with Crippen molar-refractivity contribution in [3.63, 3.8) is 0 Å². The molecule has 0 aliphatic rings. The van der Waals surface area contributed by atoms with E-state index in [1.54, 1.807) is 23.1 Å². The van der Waals surface area contributed by atoms with Crippen molar-refractivity contribution in [2.75, 3.05) is 12.4 Å². The molecule has 2 rings (SSSR count). The normalized spacial score (nSPS) is 12.6. The van der Waals surface area contributed by atoms with Gasteiger partial charge in [-0.25, -0.2) is 0 Å². The first kappa shape index (κ1) is 13.5. The molecule has 0 amide bonds. The molecule has 0 fully saturated rings. The second-order valence-electron chi connectivity index (χ2n) is 3.72. The number of aliphatic hydroxyl groups is 2. The molecule has 1 heterocycles. The maximum Gasteiger partial charge on any atom is 0.147 e. The fraction of sp³-hybridized carbons (Fsp3) is 0.333. The van der Waals surface area contributed by atoms with Crippen LogP contribution in [0, 0.1) is 0 Å². The zero-order valence-corrected chi connectivity index (χ0v) is 11.3. The number of rotatable bonds is 6. The van der Waals surface area contributed by atoms with Gasteiger partial charge >= 0.3 is 0 Å². The highest BCUT2D eigenvalue weighted by atomic mass is 32.2. The molecule has 1 aromatic heterocycles. The van der Waals surface area contributed by atoms with E-state index in [2.05, 4.69) is 10.2 Å². The number of thioether (sulfide) groups is 1. The Balaban J connectivity index is 1.91. The van der Waals surface area contributed by atoms with E-state index in [9.17, 15) is 5.11 Å². The van der Waals surface area contributed by atoms with Gasteiger partial charge in [0.2, 0.25) is 0 Å². The van der Waals surface area contributed by atoms with Gasteiger partial charge < -0.3 is 10.2 Å². The van der Waals surface area contributed by atoms with E-state index in [1.807, 2.05) is 30.3 Å². The molecular formula is C12H14N2O2S2. The predicted molar refractivity (Wildman–Crippen MR) is 74.6 cm³/mol. The minimum Gasteiger partial charge on any atom is -0.394 e. The van der Waals surface area contributed by atoms with Crippen molar-refractivity contribution in [1.29, 1.82) is 0 Å². The first-order chi connectivity index (χ1) is 8.79. The highest BCUT2D eigenvalue weighted by molar-refractivity contribution is 7.98. The molecule has 0 saturated heterocycles. The van der Waals surface area contributed by atoms with Gasteiger partial charge in [0.05, 0.1) is 12.7 Å². The van der Waals surface area contributed by atoms with Crippen molar-refractivity contribution in [2.45, 2.75) is 11.9 Å². The third kappa shape index (κ3) is 3.78. The average molecular weight is 282 g/mol. The van der Waals surface area contributed by atoms with Crippen molar-refractivity contribution in [3.05, 3.63) is 35.3 Å². The Bertz CT molecular complexity index is 476.